The van der Waals surface area contributed by atoms with Crippen LogP contribution in [0.25, 0.3) is 0 Å². The molecule has 0 fully saturated rings. The Morgan fingerprint density at radius 1 is 1.11 bits per heavy atom. The van der Waals surface area contributed by atoms with Crippen LogP contribution in [0, 0.1) is 0 Å². The van der Waals surface area contributed by atoms with Crippen molar-refractivity contribution in [2.45, 2.75) is 19.9 Å². The quantitative estimate of drug-likeness (QED) is 0.477. The fourth-order valence-corrected chi connectivity index (χ4v) is 2.59. The van der Waals surface area contributed by atoms with Crippen LogP contribution in [0.1, 0.15) is 16.8 Å². The number of hydrogen-bond acceptors (Lipinski definition) is 2. The van der Waals surface area contributed by atoms with Crippen LogP contribution >= 0.6 is 66.7 Å². The van der Waals surface area contributed by atoms with Crippen LogP contribution in [0.5, 0.6) is 0 Å². The predicted octanol–water partition coefficient (Wildman–Crippen LogP) is 4.78. The smallest absolute Gasteiger partial charge is 0.249 e. The minimum absolute atomic E-state index is 0.260. The molecule has 0 N–H and O–H groups in total. The van der Waals surface area contributed by atoms with Gasteiger partial charge in [-0.15, -0.1) is 0 Å². The topological polar surface area (TPSA) is 34.1 Å². The molecule has 0 saturated heterocycles. The molecule has 0 heterocycles. The Morgan fingerprint density at radius 3 is 2.11 bits per heavy atom. The molecule has 19 heavy (non-hydrogen) atoms. The van der Waals surface area contributed by atoms with Crippen molar-refractivity contribution in [2.75, 3.05) is 0 Å². The third kappa shape index (κ3) is 5.35. The van der Waals surface area contributed by atoms with E-state index in [4.69, 9.17) is 34.8 Å². The van der Waals surface area contributed by atoms with E-state index in [0.717, 1.165) is 5.56 Å². The molecule has 1 rings (SSSR count). The monoisotopic (exact) mass is 448 g/mol. The molecule has 0 bridgehead atoms. The van der Waals surface area contributed by atoms with Gasteiger partial charge in [-0.1, -0.05) is 97.0 Å². The third-order valence-electron chi connectivity index (χ3n) is 2.33. The average molecular weight is 451 g/mol. The van der Waals surface area contributed by atoms with Gasteiger partial charge in [-0.3, -0.25) is 9.59 Å². The number of carbonyl (C=O) groups is 2. The van der Waals surface area contributed by atoms with Crippen molar-refractivity contribution in [3.63, 3.8) is 0 Å². The maximum Gasteiger partial charge on any atom is 0.249 e. The second kappa shape index (κ2) is 7.41. The average Bonchev–Trinajstić information content (AvgIpc) is 2.36. The first kappa shape index (κ1) is 17.4. The SMILES string of the molecule is O=C(CC(=O)C(Cl)(Cl)Cl)[C@H](Br)[C@H](Br)c1ccccc1. The summed E-state index contributed by atoms with van der Waals surface area (Å²) < 4.78 is -2.06. The summed E-state index contributed by atoms with van der Waals surface area (Å²) in [6.07, 6.45) is -0.429. The predicted molar refractivity (Wildman–Crippen MR) is 85.7 cm³/mol. The second-order valence-corrected chi connectivity index (χ2v) is 8.03. The molecule has 0 aliphatic carbocycles. The summed E-state index contributed by atoms with van der Waals surface area (Å²) in [6.45, 7) is 0. The van der Waals surface area contributed by atoms with Crippen molar-refractivity contribution < 1.29 is 9.59 Å². The highest BCUT2D eigenvalue weighted by Gasteiger charge is 2.34. The highest BCUT2D eigenvalue weighted by molar-refractivity contribution is 9.12. The molecule has 2 nitrogen and oxygen atoms in total. The summed E-state index contributed by atoms with van der Waals surface area (Å²) in [5.41, 5.74) is 0.916. The Hall–Kier alpha value is 0.390. The zero-order valence-electron chi connectivity index (χ0n) is 9.45. The van der Waals surface area contributed by atoms with Crippen LogP contribution in [-0.2, 0) is 9.59 Å². The van der Waals surface area contributed by atoms with Crippen LogP contribution in [0.3, 0.4) is 0 Å². The van der Waals surface area contributed by atoms with Gasteiger partial charge in [-0.25, -0.2) is 0 Å². The second-order valence-electron chi connectivity index (χ2n) is 3.78. The van der Waals surface area contributed by atoms with Gasteiger partial charge in [0.15, 0.2) is 11.6 Å². The number of hydrogen-bond donors (Lipinski definition) is 0. The highest BCUT2D eigenvalue weighted by atomic mass is 79.9. The standard InChI is InChI=1S/C12H9Br2Cl3O2/c13-10(7-4-2-1-3-5-7)11(14)8(18)6-9(19)12(15,16)17/h1-5,10-11H,6H2/t10-,11+/m1/s1. The first-order chi connectivity index (χ1) is 8.73. The Kier molecular flexibility index (Phi) is 6.81. The largest absolute Gasteiger partial charge is 0.298 e. The molecule has 0 aliphatic rings. The van der Waals surface area contributed by atoms with Gasteiger partial charge in [0.05, 0.1) is 16.1 Å². The maximum absolute atomic E-state index is 11.9. The summed E-state index contributed by atoms with van der Waals surface area (Å²) in [6, 6.07) is 9.34. The van der Waals surface area contributed by atoms with Gasteiger partial charge in [0.2, 0.25) is 3.79 Å². The first-order valence-electron chi connectivity index (χ1n) is 5.19. The van der Waals surface area contributed by atoms with Gasteiger partial charge in [-0.05, 0) is 5.56 Å². The fraction of sp³-hybridized carbons (Fsp3) is 0.333. The van der Waals surface area contributed by atoms with E-state index in [-0.39, 0.29) is 10.6 Å². The number of benzene rings is 1. The number of alkyl halides is 5. The molecule has 2 atom stereocenters. The summed E-state index contributed by atoms with van der Waals surface area (Å²) in [5.74, 6) is -1.08. The van der Waals surface area contributed by atoms with E-state index >= 15 is 0 Å². The molecule has 0 aliphatic heterocycles. The summed E-state index contributed by atoms with van der Waals surface area (Å²) in [4.78, 5) is 22.6. The fourth-order valence-electron chi connectivity index (χ4n) is 1.33. The van der Waals surface area contributed by atoms with Crippen LogP contribution in [0.2, 0.25) is 0 Å². The van der Waals surface area contributed by atoms with Crippen LogP contribution in [-0.4, -0.2) is 20.2 Å². The van der Waals surface area contributed by atoms with E-state index in [1.807, 2.05) is 30.3 Å². The van der Waals surface area contributed by atoms with Crippen molar-refractivity contribution in [2.24, 2.45) is 0 Å². The molecule has 7 heteroatoms. The Morgan fingerprint density at radius 2 is 1.63 bits per heavy atom. The van der Waals surface area contributed by atoms with Crippen molar-refractivity contribution in [1.29, 1.82) is 0 Å². The molecule has 0 aromatic heterocycles. The molecular formula is C12H9Br2Cl3O2. The van der Waals surface area contributed by atoms with E-state index in [0.29, 0.717) is 0 Å². The van der Waals surface area contributed by atoms with Gasteiger partial charge in [-0.2, -0.15) is 0 Å². The molecule has 0 unspecified atom stereocenters. The van der Waals surface area contributed by atoms with Gasteiger partial charge < -0.3 is 0 Å². The van der Waals surface area contributed by atoms with Crippen molar-refractivity contribution in [3.05, 3.63) is 35.9 Å². The number of ketones is 2. The number of halogens is 5. The zero-order valence-corrected chi connectivity index (χ0v) is 14.9. The van der Waals surface area contributed by atoms with E-state index in [9.17, 15) is 9.59 Å². The lowest BCUT2D eigenvalue weighted by atomic mass is 10.0. The lowest BCUT2D eigenvalue weighted by Gasteiger charge is -2.17. The third-order valence-corrected chi connectivity index (χ3v) is 5.77. The molecule has 1 aromatic rings. The molecule has 0 amide bonds. The minimum atomic E-state index is -2.06. The van der Waals surface area contributed by atoms with E-state index in [1.54, 1.807) is 0 Å². The van der Waals surface area contributed by atoms with Crippen molar-refractivity contribution >= 4 is 78.2 Å². The molecular weight excluding hydrogens is 442 g/mol. The summed E-state index contributed by atoms with van der Waals surface area (Å²) in [5, 5.41) is 0. The highest BCUT2D eigenvalue weighted by Crippen LogP contribution is 2.34. The summed E-state index contributed by atoms with van der Waals surface area (Å²) in [7, 11) is 0. The van der Waals surface area contributed by atoms with E-state index < -0.39 is 20.8 Å². The number of Topliss-reactive ketones (excluding diaryl/α,β-unsaturated/α-hetero) is 2. The van der Waals surface area contributed by atoms with Gasteiger partial charge in [0, 0.05) is 0 Å². The van der Waals surface area contributed by atoms with Crippen molar-refractivity contribution in [1.82, 2.24) is 0 Å². The summed E-state index contributed by atoms with van der Waals surface area (Å²) >= 11 is 23.0. The Balaban J connectivity index is 2.70. The molecule has 104 valence electrons. The van der Waals surface area contributed by atoms with E-state index in [2.05, 4.69) is 31.9 Å². The Bertz CT molecular complexity index is 460. The normalized spacial score (nSPS) is 14.8. The first-order valence-corrected chi connectivity index (χ1v) is 8.16. The number of rotatable bonds is 5. The van der Waals surface area contributed by atoms with Gasteiger partial charge in [0.25, 0.3) is 0 Å². The lowest BCUT2D eigenvalue weighted by molar-refractivity contribution is -0.126. The molecule has 1 aromatic carbocycles. The molecule has 0 saturated carbocycles. The maximum atomic E-state index is 11.9. The Labute approximate surface area is 143 Å². The van der Waals surface area contributed by atoms with E-state index in [1.165, 1.54) is 0 Å². The molecule has 0 radical (unpaired) electrons. The molecule has 0 spiro atoms. The van der Waals surface area contributed by atoms with Crippen molar-refractivity contribution in [3.8, 4) is 0 Å². The number of carbonyl (C=O) groups excluding carboxylic acids is 2. The zero-order chi connectivity index (χ0) is 14.6. The van der Waals surface area contributed by atoms with Gasteiger partial charge >= 0.3 is 0 Å². The van der Waals surface area contributed by atoms with Crippen LogP contribution in [0.15, 0.2) is 30.3 Å². The van der Waals surface area contributed by atoms with Crippen LogP contribution in [0.4, 0.5) is 0 Å². The van der Waals surface area contributed by atoms with Crippen LogP contribution < -0.4 is 0 Å². The van der Waals surface area contributed by atoms with Gasteiger partial charge in [0.1, 0.15) is 0 Å². The lowest BCUT2D eigenvalue weighted by Crippen LogP contribution is -2.27. The minimum Gasteiger partial charge on any atom is -0.298 e.